The Morgan fingerprint density at radius 2 is 1.91 bits per heavy atom. The molecule has 122 valence electrons. The lowest BCUT2D eigenvalue weighted by Crippen LogP contribution is -2.50. The number of hydrogen-bond acceptors (Lipinski definition) is 4. The minimum absolute atomic E-state index is 0.252. The van der Waals surface area contributed by atoms with Gasteiger partial charge in [-0.3, -0.25) is 9.71 Å². The highest BCUT2D eigenvalue weighted by atomic mass is 32.2. The molecule has 23 heavy (non-hydrogen) atoms. The number of aromatic nitrogens is 1. The normalized spacial score (nSPS) is 34.7. The van der Waals surface area contributed by atoms with E-state index in [4.69, 9.17) is 0 Å². The molecule has 4 fully saturated rings. The molecule has 6 heteroatoms. The van der Waals surface area contributed by atoms with E-state index >= 15 is 0 Å². The van der Waals surface area contributed by atoms with Gasteiger partial charge in [0.2, 0.25) is 0 Å². The minimum atomic E-state index is -0.252. The van der Waals surface area contributed by atoms with Gasteiger partial charge in [-0.2, -0.15) is 5.10 Å². The lowest BCUT2D eigenvalue weighted by atomic mass is 9.56. The third-order valence-corrected chi connectivity index (χ3v) is 6.61. The molecule has 4 aliphatic carbocycles. The maximum Gasteiger partial charge on any atom is 0.345 e. The largest absolute Gasteiger partial charge is 0.345 e. The van der Waals surface area contributed by atoms with E-state index in [1.807, 2.05) is 18.2 Å². The van der Waals surface area contributed by atoms with E-state index in [1.54, 1.807) is 24.4 Å². The summed E-state index contributed by atoms with van der Waals surface area (Å²) < 4.78 is 3.23. The van der Waals surface area contributed by atoms with Crippen LogP contribution < -0.4 is 10.1 Å². The van der Waals surface area contributed by atoms with Gasteiger partial charge in [0.1, 0.15) is 0 Å². The predicted molar refractivity (Wildman–Crippen MR) is 92.0 cm³/mol. The summed E-state index contributed by atoms with van der Waals surface area (Å²) in [4.78, 5) is 16.1. The van der Waals surface area contributed by atoms with Crippen molar-refractivity contribution in [2.45, 2.75) is 43.3 Å². The van der Waals surface area contributed by atoms with Gasteiger partial charge in [0.25, 0.3) is 0 Å². The molecule has 4 aliphatic rings. The van der Waals surface area contributed by atoms with Gasteiger partial charge in [-0.25, -0.2) is 10.2 Å². The molecule has 0 atom stereocenters. The number of nitrogens with one attached hydrogen (secondary N) is 2. The standard InChI is InChI=1S/C17H22N4OS/c22-16(20-19-11-15-3-1-2-4-18-15)21-23-17-8-12-5-13(9-17)7-14(6-12)10-17/h1-4,11-14H,5-10H2,(H2,20,21,22)/b19-11+. The molecule has 0 aromatic carbocycles. The van der Waals surface area contributed by atoms with Gasteiger partial charge in [-0.15, -0.1) is 0 Å². The van der Waals surface area contributed by atoms with Crippen molar-refractivity contribution in [1.29, 1.82) is 0 Å². The fourth-order valence-electron chi connectivity index (χ4n) is 4.94. The van der Waals surface area contributed by atoms with Gasteiger partial charge in [0, 0.05) is 10.9 Å². The molecule has 4 saturated carbocycles. The smallest absolute Gasteiger partial charge is 0.280 e. The van der Waals surface area contributed by atoms with E-state index in [0.717, 1.165) is 23.4 Å². The van der Waals surface area contributed by atoms with E-state index in [1.165, 1.54) is 38.5 Å². The fourth-order valence-corrected chi connectivity index (χ4v) is 6.25. The molecule has 0 radical (unpaired) electrons. The van der Waals surface area contributed by atoms with E-state index in [9.17, 15) is 4.79 Å². The Labute approximate surface area is 140 Å². The van der Waals surface area contributed by atoms with Crippen LogP contribution in [0.5, 0.6) is 0 Å². The van der Waals surface area contributed by atoms with E-state index in [2.05, 4.69) is 20.2 Å². The molecule has 0 aliphatic heterocycles. The second-order valence-electron chi connectivity index (χ2n) is 7.26. The second-order valence-corrected chi connectivity index (χ2v) is 8.53. The highest BCUT2D eigenvalue weighted by Gasteiger charge is 2.51. The second kappa shape index (κ2) is 6.15. The quantitative estimate of drug-likeness (QED) is 0.505. The first-order chi connectivity index (χ1) is 11.2. The summed E-state index contributed by atoms with van der Waals surface area (Å²) in [5.41, 5.74) is 3.25. The number of hydrazone groups is 1. The summed E-state index contributed by atoms with van der Waals surface area (Å²) in [6, 6.07) is 5.32. The summed E-state index contributed by atoms with van der Waals surface area (Å²) in [5.74, 6) is 2.67. The number of pyridine rings is 1. The van der Waals surface area contributed by atoms with Gasteiger partial charge in [0.05, 0.1) is 11.9 Å². The average Bonchev–Trinajstić information content (AvgIpc) is 2.53. The molecule has 2 N–H and O–H groups in total. The lowest BCUT2D eigenvalue weighted by Gasteiger charge is -2.56. The van der Waals surface area contributed by atoms with Crippen molar-refractivity contribution in [1.82, 2.24) is 15.1 Å². The van der Waals surface area contributed by atoms with Crippen LogP contribution in [0.1, 0.15) is 44.2 Å². The van der Waals surface area contributed by atoms with Crippen LogP contribution in [-0.2, 0) is 0 Å². The molecule has 1 aromatic rings. The van der Waals surface area contributed by atoms with Gasteiger partial charge in [-0.05, 0) is 80.4 Å². The summed E-state index contributed by atoms with van der Waals surface area (Å²) in [5, 5.41) is 3.94. The Hall–Kier alpha value is -1.56. The van der Waals surface area contributed by atoms with Crippen molar-refractivity contribution < 1.29 is 4.79 Å². The molecular weight excluding hydrogens is 308 g/mol. The number of nitrogens with zero attached hydrogens (tertiary/aromatic N) is 2. The monoisotopic (exact) mass is 330 g/mol. The van der Waals surface area contributed by atoms with Crippen LogP contribution in [0.4, 0.5) is 4.79 Å². The first-order valence-electron chi connectivity index (χ1n) is 8.39. The molecule has 5 nitrogen and oxygen atoms in total. The van der Waals surface area contributed by atoms with Crippen LogP contribution in [0.3, 0.4) is 0 Å². The molecule has 1 aromatic heterocycles. The highest BCUT2D eigenvalue weighted by Crippen LogP contribution is 2.59. The van der Waals surface area contributed by atoms with Crippen LogP contribution in [0, 0.1) is 17.8 Å². The number of amides is 2. The lowest BCUT2D eigenvalue weighted by molar-refractivity contribution is 0.0381. The maximum atomic E-state index is 11.9. The zero-order valence-electron chi connectivity index (χ0n) is 13.1. The van der Waals surface area contributed by atoms with E-state index in [0.29, 0.717) is 0 Å². The number of carbonyl (C=O) groups is 1. The molecule has 0 saturated heterocycles. The number of rotatable bonds is 4. The number of hydrogen-bond donors (Lipinski definition) is 2. The SMILES string of the molecule is O=C(N/N=C/c1ccccn1)NSC12CC3CC(CC(C3)C1)C2. The number of carbonyl (C=O) groups excluding carboxylic acids is 1. The molecule has 0 spiro atoms. The van der Waals surface area contributed by atoms with Crippen LogP contribution in [0.25, 0.3) is 0 Å². The number of urea groups is 1. The predicted octanol–water partition coefficient (Wildman–Crippen LogP) is 3.33. The van der Waals surface area contributed by atoms with Crippen LogP contribution in [0.15, 0.2) is 29.5 Å². The Morgan fingerprint density at radius 1 is 1.22 bits per heavy atom. The van der Waals surface area contributed by atoms with Crippen molar-refractivity contribution in [3.05, 3.63) is 30.1 Å². The first-order valence-corrected chi connectivity index (χ1v) is 9.20. The average molecular weight is 330 g/mol. The molecule has 4 bridgehead atoms. The molecule has 5 rings (SSSR count). The summed E-state index contributed by atoms with van der Waals surface area (Å²) >= 11 is 1.64. The summed E-state index contributed by atoms with van der Waals surface area (Å²) in [6.07, 6.45) is 11.3. The van der Waals surface area contributed by atoms with Crippen molar-refractivity contribution in [2.75, 3.05) is 0 Å². The van der Waals surface area contributed by atoms with Gasteiger partial charge in [0.15, 0.2) is 0 Å². The van der Waals surface area contributed by atoms with E-state index < -0.39 is 0 Å². The Bertz CT molecular complexity index is 569. The zero-order valence-corrected chi connectivity index (χ0v) is 13.9. The Morgan fingerprint density at radius 3 is 2.52 bits per heavy atom. The van der Waals surface area contributed by atoms with Crippen molar-refractivity contribution in [2.24, 2.45) is 22.9 Å². The van der Waals surface area contributed by atoms with Crippen LogP contribution >= 0.6 is 11.9 Å². The highest BCUT2D eigenvalue weighted by molar-refractivity contribution is 7.99. The minimum Gasteiger partial charge on any atom is -0.280 e. The molecule has 1 heterocycles. The molecule has 2 amide bonds. The van der Waals surface area contributed by atoms with Crippen LogP contribution in [-0.4, -0.2) is 22.0 Å². The summed E-state index contributed by atoms with van der Waals surface area (Å²) in [7, 11) is 0. The van der Waals surface area contributed by atoms with Gasteiger partial charge < -0.3 is 0 Å². The zero-order chi connectivity index (χ0) is 15.7. The molecule has 0 unspecified atom stereocenters. The third-order valence-electron chi connectivity index (χ3n) is 5.39. The molecular formula is C17H22N4OS. The van der Waals surface area contributed by atoms with Gasteiger partial charge in [-0.1, -0.05) is 6.07 Å². The van der Waals surface area contributed by atoms with Crippen molar-refractivity contribution in [3.63, 3.8) is 0 Å². The fraction of sp³-hybridized carbons (Fsp3) is 0.588. The summed E-state index contributed by atoms with van der Waals surface area (Å²) in [6.45, 7) is 0. The third kappa shape index (κ3) is 3.37. The first kappa shape index (κ1) is 15.0. The Balaban J connectivity index is 1.28. The Kier molecular flexibility index (Phi) is 4.01. The topological polar surface area (TPSA) is 66.4 Å². The van der Waals surface area contributed by atoms with Crippen molar-refractivity contribution in [3.8, 4) is 0 Å². The van der Waals surface area contributed by atoms with Crippen molar-refractivity contribution >= 4 is 24.2 Å². The van der Waals surface area contributed by atoms with E-state index in [-0.39, 0.29) is 10.8 Å². The van der Waals surface area contributed by atoms with Crippen LogP contribution in [0.2, 0.25) is 0 Å². The maximum absolute atomic E-state index is 11.9. The van der Waals surface area contributed by atoms with Gasteiger partial charge >= 0.3 is 6.03 Å².